The van der Waals surface area contributed by atoms with Crippen LogP contribution in [0.4, 0.5) is 11.4 Å². The summed E-state index contributed by atoms with van der Waals surface area (Å²) in [5.74, 6) is -0.701. The van der Waals surface area contributed by atoms with E-state index in [1.54, 1.807) is 53.6 Å². The van der Waals surface area contributed by atoms with Gasteiger partial charge in [0.15, 0.2) is 11.3 Å². The van der Waals surface area contributed by atoms with Crippen molar-refractivity contribution >= 4 is 69.5 Å². The molecule has 2 fully saturated rings. The first-order chi connectivity index (χ1) is 27.6. The number of fused-ring (bicyclic) bond motifs is 2. The lowest BCUT2D eigenvalue weighted by atomic mass is 9.85. The van der Waals surface area contributed by atoms with Crippen LogP contribution in [0.1, 0.15) is 77.8 Å². The molecule has 16 nitrogen and oxygen atoms in total. The van der Waals surface area contributed by atoms with Crippen LogP contribution in [0.5, 0.6) is 0 Å². The maximum absolute atomic E-state index is 12.7. The van der Waals surface area contributed by atoms with E-state index in [0.29, 0.717) is 69.7 Å². The number of hydrogen-bond acceptors (Lipinski definition) is 10. The lowest BCUT2D eigenvalue weighted by Crippen LogP contribution is -2.40. The summed E-state index contributed by atoms with van der Waals surface area (Å²) in [5.41, 5.74) is 4.13. The van der Waals surface area contributed by atoms with Gasteiger partial charge in [0.1, 0.15) is 11.3 Å². The first-order valence-corrected chi connectivity index (χ1v) is 19.4. The number of imidazole rings is 1. The Hall–Kier alpha value is -6.00. The van der Waals surface area contributed by atoms with Crippen molar-refractivity contribution in [3.8, 4) is 0 Å². The maximum Gasteiger partial charge on any atom is 0.271 e. The Balaban J connectivity index is 0.000000174. The van der Waals surface area contributed by atoms with Gasteiger partial charge in [-0.25, -0.2) is 19.0 Å². The number of carbonyl (C=O) groups excluding carboxylic acids is 4. The van der Waals surface area contributed by atoms with E-state index in [1.165, 1.54) is 29.3 Å². The molecule has 0 atom stereocenters. The van der Waals surface area contributed by atoms with Crippen LogP contribution in [-0.2, 0) is 9.59 Å². The van der Waals surface area contributed by atoms with E-state index in [-0.39, 0.29) is 47.5 Å². The largest absolute Gasteiger partial charge is 0.349 e. The molecule has 0 aliphatic heterocycles. The van der Waals surface area contributed by atoms with E-state index in [1.807, 2.05) is 13.1 Å². The van der Waals surface area contributed by atoms with Crippen LogP contribution in [0.15, 0.2) is 80.0 Å². The summed E-state index contributed by atoms with van der Waals surface area (Å²) in [5, 5.41) is 21.0. The van der Waals surface area contributed by atoms with Gasteiger partial charge in [-0.15, -0.1) is 0 Å². The van der Waals surface area contributed by atoms with Crippen molar-refractivity contribution in [2.75, 3.05) is 10.6 Å². The molecule has 0 saturated heterocycles. The highest BCUT2D eigenvalue weighted by atomic mass is 35.5. The summed E-state index contributed by atoms with van der Waals surface area (Å²) < 4.78 is 3.13. The van der Waals surface area contributed by atoms with Crippen LogP contribution in [0.2, 0.25) is 10.0 Å². The summed E-state index contributed by atoms with van der Waals surface area (Å²) in [4.78, 5) is 66.5. The molecule has 0 radical (unpaired) electrons. The fraction of sp³-hybridized carbons (Fsp3) is 0.333. The molecule has 2 aliphatic rings. The second kappa shape index (κ2) is 17.9. The van der Waals surface area contributed by atoms with Gasteiger partial charge in [-0.05, 0) is 88.1 Å². The molecular weight excluding hydrogens is 771 g/mol. The summed E-state index contributed by atoms with van der Waals surface area (Å²) in [6.45, 7) is 1.92. The third-order valence-corrected chi connectivity index (χ3v) is 10.8. The topological polar surface area (TPSA) is 203 Å². The molecule has 0 bridgehead atoms. The zero-order valence-corrected chi connectivity index (χ0v) is 32.5. The second-order valence-electron chi connectivity index (χ2n) is 14.1. The van der Waals surface area contributed by atoms with Crippen molar-refractivity contribution in [1.29, 1.82) is 0 Å². The van der Waals surface area contributed by atoms with Crippen molar-refractivity contribution in [1.82, 2.24) is 49.8 Å². The van der Waals surface area contributed by atoms with Gasteiger partial charge in [-0.1, -0.05) is 23.2 Å². The molecule has 4 N–H and O–H groups in total. The smallest absolute Gasteiger partial charge is 0.271 e. The number of carbonyl (C=O) groups is 4. The van der Waals surface area contributed by atoms with Crippen LogP contribution < -0.4 is 21.3 Å². The number of rotatable bonds is 8. The van der Waals surface area contributed by atoms with Gasteiger partial charge >= 0.3 is 0 Å². The fourth-order valence-electron chi connectivity index (χ4n) is 7.06. The molecule has 0 aromatic carbocycles. The van der Waals surface area contributed by atoms with Crippen molar-refractivity contribution < 1.29 is 19.2 Å². The average Bonchev–Trinajstić information content (AvgIpc) is 3.85. The molecular formula is C39H40Cl2N12O4. The average molecular weight is 812 g/mol. The van der Waals surface area contributed by atoms with Crippen LogP contribution >= 0.6 is 23.2 Å². The predicted molar refractivity (Wildman–Crippen MR) is 213 cm³/mol. The van der Waals surface area contributed by atoms with Gasteiger partial charge in [0.25, 0.3) is 11.8 Å². The van der Waals surface area contributed by atoms with Crippen LogP contribution in [0.25, 0.3) is 11.3 Å². The van der Waals surface area contributed by atoms with E-state index >= 15 is 0 Å². The summed E-state index contributed by atoms with van der Waals surface area (Å²) >= 11 is 12.1. The lowest BCUT2D eigenvalue weighted by Gasteiger charge is -2.28. The van der Waals surface area contributed by atoms with Gasteiger partial charge in [0.2, 0.25) is 11.8 Å². The number of nitrogens with one attached hydrogen (secondary N) is 4. The summed E-state index contributed by atoms with van der Waals surface area (Å²) in [7, 11) is 0. The monoisotopic (exact) mass is 810 g/mol. The minimum absolute atomic E-state index is 0.0234. The molecule has 2 aliphatic carbocycles. The van der Waals surface area contributed by atoms with E-state index in [2.05, 4.69) is 51.4 Å². The molecule has 4 amide bonds. The van der Waals surface area contributed by atoms with Gasteiger partial charge in [-0.2, -0.15) is 10.2 Å². The van der Waals surface area contributed by atoms with Crippen LogP contribution in [-0.4, -0.2) is 74.9 Å². The minimum Gasteiger partial charge on any atom is -0.349 e. The highest BCUT2D eigenvalue weighted by Crippen LogP contribution is 2.29. The van der Waals surface area contributed by atoms with Crippen LogP contribution in [0, 0.1) is 18.8 Å². The van der Waals surface area contributed by atoms with Crippen molar-refractivity contribution in [2.24, 2.45) is 11.8 Å². The van der Waals surface area contributed by atoms with Crippen LogP contribution in [0.3, 0.4) is 0 Å². The highest BCUT2D eigenvalue weighted by Gasteiger charge is 2.30. The molecule has 0 spiro atoms. The number of aryl methyl sites for hydroxylation is 1. The quantitative estimate of drug-likeness (QED) is 0.147. The Kier molecular flexibility index (Phi) is 12.3. The summed E-state index contributed by atoms with van der Waals surface area (Å²) in [6, 6.07) is 6.97. The minimum atomic E-state index is -0.206. The lowest BCUT2D eigenvalue weighted by molar-refractivity contribution is -0.121. The predicted octanol–water partition coefficient (Wildman–Crippen LogP) is 5.72. The fourth-order valence-corrected chi connectivity index (χ4v) is 7.39. The molecule has 0 unspecified atom stereocenters. The van der Waals surface area contributed by atoms with Crippen molar-refractivity contribution in [3.63, 3.8) is 0 Å². The standard InChI is InChI=1S/C20H21ClN6O2.C19H19ClN6O2/c1-12-8-23-18-15(9-24-27(18)11-12)20(29)25-14-4-2-13(3-5-14)19(28)26-17-6-7-22-10-16(17)21;20-14-10-21-9-7-15(14)25-18(27)12-3-5-13(6-4-12)24-19(28)16-11-22-17-2-1-8-23-26(16)17/h6-11,13-14H,2-5H2,1H3,(H,25,29)(H,22,26,28);1-2,7-13H,3-6H2,(H,24,28)(H,21,25,27). The van der Waals surface area contributed by atoms with Gasteiger partial charge in [0, 0.05) is 67.3 Å². The SMILES string of the molecule is Cc1cnc2c(C(=O)NC3CCC(C(=O)Nc4ccncc4Cl)CC3)cnn2c1.O=C(NC1CCC(C(=O)Nc2ccncc2Cl)CC1)c1cnc2cccnn12. The maximum atomic E-state index is 12.7. The van der Waals surface area contributed by atoms with Gasteiger partial charge in [-0.3, -0.25) is 29.1 Å². The first kappa shape index (κ1) is 39.2. The van der Waals surface area contributed by atoms with Crippen molar-refractivity contribution in [3.05, 3.63) is 107 Å². The third kappa shape index (κ3) is 9.52. The number of anilines is 2. The third-order valence-electron chi connectivity index (χ3n) is 10.2. The molecule has 6 aromatic heterocycles. The molecule has 2 saturated carbocycles. The zero-order chi connectivity index (χ0) is 39.9. The van der Waals surface area contributed by atoms with Gasteiger partial charge in [0.05, 0.1) is 33.8 Å². The Bertz CT molecular complexity index is 2400. The Morgan fingerprint density at radius 1 is 0.667 bits per heavy atom. The summed E-state index contributed by atoms with van der Waals surface area (Å²) in [6.07, 6.45) is 20.1. The van der Waals surface area contributed by atoms with E-state index in [0.717, 1.165) is 31.2 Å². The van der Waals surface area contributed by atoms with E-state index < -0.39 is 0 Å². The van der Waals surface area contributed by atoms with Gasteiger partial charge < -0.3 is 21.3 Å². The van der Waals surface area contributed by atoms with Crippen molar-refractivity contribution in [2.45, 2.75) is 70.4 Å². The highest BCUT2D eigenvalue weighted by molar-refractivity contribution is 6.34. The number of nitrogens with zero attached hydrogens (tertiary/aromatic N) is 8. The van der Waals surface area contributed by atoms with E-state index in [4.69, 9.17) is 23.2 Å². The number of amides is 4. The first-order valence-electron chi connectivity index (χ1n) is 18.6. The Morgan fingerprint density at radius 3 is 1.82 bits per heavy atom. The Labute approximate surface area is 337 Å². The second-order valence-corrected chi connectivity index (χ2v) is 14.9. The number of halogens is 2. The molecule has 8 rings (SSSR count). The molecule has 6 heterocycles. The zero-order valence-electron chi connectivity index (χ0n) is 30.9. The Morgan fingerprint density at radius 2 is 1.25 bits per heavy atom. The molecule has 18 heteroatoms. The molecule has 294 valence electrons. The number of aromatic nitrogens is 8. The number of hydrogen-bond donors (Lipinski definition) is 4. The van der Waals surface area contributed by atoms with E-state index in [9.17, 15) is 19.2 Å². The normalized spacial score (nSPS) is 19.2. The number of pyridine rings is 2. The molecule has 6 aromatic rings. The molecule has 57 heavy (non-hydrogen) atoms.